The lowest BCUT2D eigenvalue weighted by molar-refractivity contribution is 0.0546. The van der Waals surface area contributed by atoms with Gasteiger partial charge < -0.3 is 14.2 Å². The Balaban J connectivity index is 1.46. The van der Waals surface area contributed by atoms with Gasteiger partial charge in [-0.15, -0.1) is 0 Å². The molecule has 44 heavy (non-hydrogen) atoms. The molecule has 9 nitrogen and oxygen atoms in total. The average Bonchev–Trinajstić information content (AvgIpc) is 3.54. The molecule has 1 aromatic heterocycles. The Morgan fingerprint density at radius 3 is 2.48 bits per heavy atom. The van der Waals surface area contributed by atoms with Crippen LogP contribution in [0.15, 0.2) is 65.6 Å². The van der Waals surface area contributed by atoms with Crippen molar-refractivity contribution in [1.29, 1.82) is 0 Å². The molecule has 1 N–H and O–H groups in total. The van der Waals surface area contributed by atoms with Gasteiger partial charge in [-0.05, 0) is 94.7 Å². The summed E-state index contributed by atoms with van der Waals surface area (Å²) in [5, 5.41) is 3.63. The Hall–Kier alpha value is -3.86. The Morgan fingerprint density at radius 2 is 1.75 bits per heavy atom. The number of hydrogen-bond acceptors (Lipinski definition) is 7. The van der Waals surface area contributed by atoms with E-state index < -0.39 is 27.7 Å². The van der Waals surface area contributed by atoms with Crippen LogP contribution in [0.4, 0.5) is 4.79 Å². The van der Waals surface area contributed by atoms with E-state index in [4.69, 9.17) is 20.5 Å². The Kier molecular flexibility index (Phi) is 7.94. The van der Waals surface area contributed by atoms with Crippen LogP contribution < -0.4 is 9.50 Å². The second-order valence-corrected chi connectivity index (χ2v) is 14.1. The van der Waals surface area contributed by atoms with Gasteiger partial charge in [-0.2, -0.15) is 8.42 Å². The topological polar surface area (TPSA) is 107 Å². The quantitative estimate of drug-likeness (QED) is 0.234. The molecule has 0 radical (unpaired) electrons. The Morgan fingerprint density at radius 1 is 1.00 bits per heavy atom. The molecule has 2 aliphatic rings. The lowest BCUT2D eigenvalue weighted by atomic mass is 9.99. The fraction of sp³-hybridized carbons (Fsp3) is 0.333. The minimum absolute atomic E-state index is 0.00534. The molecular weight excluding hydrogens is 602 g/mol. The number of aromatic nitrogens is 1. The van der Waals surface area contributed by atoms with Crippen molar-refractivity contribution < 1.29 is 26.9 Å². The first kappa shape index (κ1) is 30.2. The SMILES string of the molecule is CC(C)(C)OC(=O)n1c(-c2ccc(OS(=O)(=O)c3ccccc3Cl)c3c2C(=O)NC3)cc2cc(CN3CCCCC3)ccc21. The first-order valence-corrected chi connectivity index (χ1v) is 16.4. The molecule has 3 aromatic carbocycles. The first-order valence-electron chi connectivity index (χ1n) is 14.6. The fourth-order valence-electron chi connectivity index (χ4n) is 5.86. The van der Waals surface area contributed by atoms with Gasteiger partial charge in [-0.3, -0.25) is 9.69 Å². The minimum atomic E-state index is -4.29. The Labute approximate surface area is 261 Å². The van der Waals surface area contributed by atoms with E-state index in [1.807, 2.05) is 18.2 Å². The third-order valence-corrected chi connectivity index (χ3v) is 9.54. The van der Waals surface area contributed by atoms with Gasteiger partial charge >= 0.3 is 16.2 Å². The zero-order valence-corrected chi connectivity index (χ0v) is 26.4. The molecule has 0 unspecified atom stereocenters. The van der Waals surface area contributed by atoms with Gasteiger partial charge in [0.2, 0.25) is 0 Å². The molecule has 0 atom stereocenters. The highest BCUT2D eigenvalue weighted by Gasteiger charge is 2.32. The van der Waals surface area contributed by atoms with Crippen LogP contribution in [0.3, 0.4) is 0 Å². The van der Waals surface area contributed by atoms with E-state index in [1.54, 1.807) is 39.0 Å². The summed E-state index contributed by atoms with van der Waals surface area (Å²) in [6, 6.07) is 17.0. The fourth-order valence-corrected chi connectivity index (χ4v) is 7.32. The molecule has 1 amide bonds. The number of piperidine rings is 1. The van der Waals surface area contributed by atoms with E-state index in [0.717, 1.165) is 30.6 Å². The summed E-state index contributed by atoms with van der Waals surface area (Å²) >= 11 is 6.14. The molecule has 4 aromatic rings. The van der Waals surface area contributed by atoms with Gasteiger partial charge in [-0.25, -0.2) is 9.36 Å². The van der Waals surface area contributed by atoms with Crippen LogP contribution in [0.25, 0.3) is 22.2 Å². The summed E-state index contributed by atoms with van der Waals surface area (Å²) in [5.41, 5.74) is 2.53. The smallest absolute Gasteiger partial charge is 0.419 e. The number of carbonyl (C=O) groups excluding carboxylic acids is 2. The summed E-state index contributed by atoms with van der Waals surface area (Å²) in [6.07, 6.45) is 3.05. The van der Waals surface area contributed by atoms with E-state index in [-0.39, 0.29) is 27.8 Å². The number of hydrogen-bond donors (Lipinski definition) is 1. The van der Waals surface area contributed by atoms with Gasteiger partial charge in [0.25, 0.3) is 5.91 Å². The second-order valence-electron chi connectivity index (χ2n) is 12.2. The number of nitrogens with one attached hydrogen (secondary N) is 1. The highest BCUT2D eigenvalue weighted by atomic mass is 35.5. The van der Waals surface area contributed by atoms with Gasteiger partial charge in [0.1, 0.15) is 16.2 Å². The highest BCUT2D eigenvalue weighted by Crippen LogP contribution is 2.39. The van der Waals surface area contributed by atoms with Crippen molar-refractivity contribution in [2.75, 3.05) is 13.1 Å². The number of rotatable bonds is 6. The maximum Gasteiger partial charge on any atom is 0.419 e. The summed E-state index contributed by atoms with van der Waals surface area (Å²) < 4.78 is 39.1. The number of nitrogens with zero attached hydrogens (tertiary/aromatic N) is 2. The monoisotopic (exact) mass is 635 g/mol. The molecule has 0 spiro atoms. The minimum Gasteiger partial charge on any atom is -0.443 e. The first-order chi connectivity index (χ1) is 20.9. The summed E-state index contributed by atoms with van der Waals surface area (Å²) in [5.74, 6) is -0.395. The summed E-state index contributed by atoms with van der Waals surface area (Å²) in [7, 11) is -4.29. The van der Waals surface area contributed by atoms with E-state index in [9.17, 15) is 18.0 Å². The molecule has 3 heterocycles. The van der Waals surface area contributed by atoms with Crippen LogP contribution in [0.2, 0.25) is 5.02 Å². The van der Waals surface area contributed by atoms with Crippen LogP contribution in [0.5, 0.6) is 5.75 Å². The number of carbonyl (C=O) groups is 2. The number of halogens is 1. The number of benzene rings is 3. The van der Waals surface area contributed by atoms with Gasteiger partial charge in [-0.1, -0.05) is 36.2 Å². The van der Waals surface area contributed by atoms with Crippen LogP contribution in [-0.2, 0) is 27.9 Å². The zero-order chi connectivity index (χ0) is 31.2. The van der Waals surface area contributed by atoms with Gasteiger partial charge in [0.15, 0.2) is 0 Å². The molecule has 0 saturated carbocycles. The second kappa shape index (κ2) is 11.6. The molecule has 0 bridgehead atoms. The number of fused-ring (bicyclic) bond motifs is 2. The molecular formula is C33H34ClN3O6S. The van der Waals surface area contributed by atoms with Crippen molar-refractivity contribution in [3.63, 3.8) is 0 Å². The van der Waals surface area contributed by atoms with Crippen molar-refractivity contribution in [3.05, 3.63) is 82.4 Å². The van der Waals surface area contributed by atoms with E-state index in [2.05, 4.69) is 16.3 Å². The lowest BCUT2D eigenvalue weighted by Crippen LogP contribution is -2.29. The normalized spacial score (nSPS) is 15.7. The zero-order valence-electron chi connectivity index (χ0n) is 24.9. The number of amides is 1. The number of ether oxygens (including phenoxy) is 1. The molecule has 1 fully saturated rings. The third kappa shape index (κ3) is 5.94. The summed E-state index contributed by atoms with van der Waals surface area (Å²) in [6.45, 7) is 8.37. The molecule has 11 heteroatoms. The third-order valence-electron chi connectivity index (χ3n) is 7.80. The van der Waals surface area contributed by atoms with Crippen LogP contribution in [0.1, 0.15) is 61.5 Å². The molecule has 6 rings (SSSR count). The molecule has 2 aliphatic heterocycles. The average molecular weight is 636 g/mol. The lowest BCUT2D eigenvalue weighted by Gasteiger charge is -2.26. The van der Waals surface area contributed by atoms with Gasteiger partial charge in [0, 0.05) is 29.6 Å². The van der Waals surface area contributed by atoms with Crippen LogP contribution in [0, 0.1) is 0 Å². The molecule has 230 valence electrons. The van der Waals surface area contributed by atoms with E-state index in [1.165, 1.54) is 42.0 Å². The van der Waals surface area contributed by atoms with E-state index >= 15 is 0 Å². The van der Waals surface area contributed by atoms with Crippen molar-refractivity contribution in [3.8, 4) is 17.0 Å². The van der Waals surface area contributed by atoms with Crippen molar-refractivity contribution in [1.82, 2.24) is 14.8 Å². The van der Waals surface area contributed by atoms with Crippen LogP contribution >= 0.6 is 11.6 Å². The van der Waals surface area contributed by atoms with Crippen molar-refractivity contribution in [2.45, 2.75) is 63.6 Å². The van der Waals surface area contributed by atoms with Crippen LogP contribution in [-0.4, -0.2) is 48.6 Å². The van der Waals surface area contributed by atoms with Crippen molar-refractivity contribution >= 4 is 44.6 Å². The predicted molar refractivity (Wildman–Crippen MR) is 169 cm³/mol. The van der Waals surface area contributed by atoms with Crippen molar-refractivity contribution in [2.24, 2.45) is 0 Å². The molecule has 0 aliphatic carbocycles. The Bertz CT molecular complexity index is 1890. The maximum absolute atomic E-state index is 13.7. The maximum atomic E-state index is 13.7. The summed E-state index contributed by atoms with van der Waals surface area (Å²) in [4.78, 5) is 29.2. The largest absolute Gasteiger partial charge is 0.443 e. The van der Waals surface area contributed by atoms with E-state index in [0.29, 0.717) is 22.3 Å². The molecule has 1 saturated heterocycles. The predicted octanol–water partition coefficient (Wildman–Crippen LogP) is 6.74. The number of likely N-dealkylation sites (tertiary alicyclic amines) is 1. The van der Waals surface area contributed by atoms with Gasteiger partial charge in [0.05, 0.1) is 21.8 Å². The highest BCUT2D eigenvalue weighted by molar-refractivity contribution is 7.87. The standard InChI is InChI=1S/C33H34ClN3O6S/c1-33(2,3)42-32(39)37-26-13-11-21(20-36-15-7-4-8-16-36)17-22(26)18-27(37)23-12-14-28(24-19-35-31(38)30(23)24)43-44(40,41)29-10-6-5-9-25(29)34/h5-6,9-14,17-18H,4,7-8,15-16,19-20H2,1-3H3,(H,35,38).